The number of carbonyl (C=O) groups excluding carboxylic acids is 1. The van der Waals surface area contributed by atoms with Gasteiger partial charge in [0.1, 0.15) is 0 Å². The number of benzene rings is 1. The molecule has 0 spiro atoms. The van der Waals surface area contributed by atoms with Crippen LogP contribution in [0.3, 0.4) is 0 Å². The van der Waals surface area contributed by atoms with Crippen LogP contribution in [0.1, 0.15) is 37.9 Å². The second-order valence-electron chi connectivity index (χ2n) is 9.09. The molecule has 2 N–H and O–H groups in total. The Kier molecular flexibility index (Phi) is 6.19. The first-order valence-corrected chi connectivity index (χ1v) is 11.3. The van der Waals surface area contributed by atoms with Gasteiger partial charge in [-0.25, -0.2) is 0 Å². The quantitative estimate of drug-likeness (QED) is 0.785. The summed E-state index contributed by atoms with van der Waals surface area (Å²) in [5.41, 5.74) is 3.95. The van der Waals surface area contributed by atoms with Crippen LogP contribution in [0, 0.1) is 11.8 Å². The monoisotopic (exact) mass is 416 g/mol. The van der Waals surface area contributed by atoms with Crippen molar-refractivity contribution >= 4 is 28.4 Å². The van der Waals surface area contributed by atoms with E-state index in [0.29, 0.717) is 0 Å². The van der Waals surface area contributed by atoms with Crippen molar-refractivity contribution < 1.29 is 4.79 Å². The van der Waals surface area contributed by atoms with Gasteiger partial charge in [-0.05, 0) is 56.1 Å². The van der Waals surface area contributed by atoms with Crippen molar-refractivity contribution in [3.63, 3.8) is 0 Å². The van der Waals surface area contributed by atoms with Crippen molar-refractivity contribution in [3.8, 4) is 0 Å². The summed E-state index contributed by atoms with van der Waals surface area (Å²) in [6, 6.07) is 6.42. The molecular weight excluding hydrogens is 384 g/mol. The molecule has 5 nitrogen and oxygen atoms in total. The summed E-state index contributed by atoms with van der Waals surface area (Å²) < 4.78 is 2.40. The summed E-state index contributed by atoms with van der Waals surface area (Å²) in [5, 5.41) is 8.71. The van der Waals surface area contributed by atoms with Gasteiger partial charge >= 0.3 is 0 Å². The Hall–Kier alpha value is -1.56. The molecular formula is C23H33ClN4O. The van der Waals surface area contributed by atoms with Crippen molar-refractivity contribution in [2.45, 2.75) is 52.2 Å². The number of rotatable bonds is 5. The number of hydrogen-bond donors (Lipinski definition) is 2. The van der Waals surface area contributed by atoms with Gasteiger partial charge in [-0.1, -0.05) is 25.4 Å². The zero-order valence-corrected chi connectivity index (χ0v) is 18.6. The van der Waals surface area contributed by atoms with E-state index in [-0.39, 0.29) is 23.8 Å². The van der Waals surface area contributed by atoms with Crippen LogP contribution in [-0.2, 0) is 24.3 Å². The van der Waals surface area contributed by atoms with Gasteiger partial charge in [-0.15, -0.1) is 0 Å². The summed E-state index contributed by atoms with van der Waals surface area (Å²) in [7, 11) is 2.17. The normalized spacial score (nSPS) is 21.3. The van der Waals surface area contributed by atoms with Gasteiger partial charge in [0.25, 0.3) is 0 Å². The molecule has 2 aliphatic rings. The lowest BCUT2D eigenvalue weighted by atomic mass is 9.93. The maximum Gasteiger partial charge on any atom is 0.225 e. The first-order valence-electron chi connectivity index (χ1n) is 10.9. The number of halogens is 1. The van der Waals surface area contributed by atoms with E-state index in [1.54, 1.807) is 0 Å². The van der Waals surface area contributed by atoms with Crippen molar-refractivity contribution in [1.29, 1.82) is 0 Å². The first kappa shape index (κ1) is 20.7. The Morgan fingerprint density at radius 1 is 1.38 bits per heavy atom. The van der Waals surface area contributed by atoms with E-state index < -0.39 is 0 Å². The highest BCUT2D eigenvalue weighted by Crippen LogP contribution is 2.33. The van der Waals surface area contributed by atoms with Crippen molar-refractivity contribution in [1.82, 2.24) is 20.1 Å². The van der Waals surface area contributed by atoms with E-state index in [9.17, 15) is 4.79 Å². The van der Waals surface area contributed by atoms with Gasteiger partial charge in [-0.2, -0.15) is 0 Å². The summed E-state index contributed by atoms with van der Waals surface area (Å²) in [4.78, 5) is 15.6. The van der Waals surface area contributed by atoms with Crippen LogP contribution in [0.5, 0.6) is 0 Å². The largest absolute Gasteiger partial charge is 0.352 e. The third-order valence-electron chi connectivity index (χ3n) is 6.57. The minimum absolute atomic E-state index is 0.0491. The summed E-state index contributed by atoms with van der Waals surface area (Å²) in [5.74, 6) is 0.413. The van der Waals surface area contributed by atoms with Crippen LogP contribution in [0.25, 0.3) is 10.9 Å². The maximum atomic E-state index is 13.2. The molecule has 1 aromatic carbocycles. The zero-order valence-electron chi connectivity index (χ0n) is 17.8. The number of nitrogens with one attached hydrogen (secondary N) is 2. The highest BCUT2D eigenvalue weighted by Gasteiger charge is 2.29. The van der Waals surface area contributed by atoms with Crippen LogP contribution in [0.4, 0.5) is 0 Å². The third kappa shape index (κ3) is 4.32. The number of aromatic nitrogens is 1. The molecule has 3 heterocycles. The second-order valence-corrected chi connectivity index (χ2v) is 9.52. The average Bonchev–Trinajstić information content (AvgIpc) is 2.98. The molecule has 1 aromatic heterocycles. The minimum Gasteiger partial charge on any atom is -0.352 e. The first-order chi connectivity index (χ1) is 13.9. The fraction of sp³-hybridized carbons (Fsp3) is 0.609. The zero-order chi connectivity index (χ0) is 20.5. The second kappa shape index (κ2) is 8.66. The van der Waals surface area contributed by atoms with Gasteiger partial charge in [-0.3, -0.25) is 4.79 Å². The number of carbonyl (C=O) groups is 1. The number of nitrogens with zero attached hydrogens (tertiary/aromatic N) is 2. The lowest BCUT2D eigenvalue weighted by Crippen LogP contribution is -2.48. The van der Waals surface area contributed by atoms with Gasteiger partial charge in [0, 0.05) is 60.3 Å². The molecule has 0 bridgehead atoms. The third-order valence-corrected chi connectivity index (χ3v) is 6.81. The topological polar surface area (TPSA) is 49.3 Å². The molecule has 0 radical (unpaired) electrons. The van der Waals surface area contributed by atoms with Gasteiger partial charge < -0.3 is 20.1 Å². The Labute approximate surface area is 178 Å². The summed E-state index contributed by atoms with van der Waals surface area (Å²) >= 11 is 6.33. The van der Waals surface area contributed by atoms with E-state index in [1.165, 1.54) is 22.2 Å². The molecule has 2 aromatic rings. The van der Waals surface area contributed by atoms with Crippen LogP contribution in [0.15, 0.2) is 18.2 Å². The molecule has 1 saturated heterocycles. The van der Waals surface area contributed by atoms with E-state index in [4.69, 9.17) is 11.6 Å². The Balaban J connectivity index is 1.65. The smallest absolute Gasteiger partial charge is 0.225 e. The SMILES string of the molecule is CC(C)C(Cn1c2c(c3cc(Cl)ccc31)CN(C)CC2)C(=O)NC1CCCNC1. The fourth-order valence-electron chi connectivity index (χ4n) is 4.84. The maximum absolute atomic E-state index is 13.2. The van der Waals surface area contributed by atoms with Gasteiger partial charge in [0.05, 0.1) is 5.92 Å². The standard InChI is InChI=1S/C23H33ClN4O/c1-15(2)19(23(29)26-17-5-4-9-25-12-17)14-28-21-7-6-16(24)11-18(21)20-13-27(3)10-8-22(20)28/h6-7,11,15,17,19,25H,4-5,8-10,12-14H2,1-3H3,(H,26,29). The lowest BCUT2D eigenvalue weighted by molar-refractivity contribution is -0.127. The van der Waals surface area contributed by atoms with E-state index in [1.807, 2.05) is 6.07 Å². The predicted octanol–water partition coefficient (Wildman–Crippen LogP) is 3.42. The number of amides is 1. The molecule has 2 aliphatic heterocycles. The molecule has 158 valence electrons. The molecule has 2 atom stereocenters. The van der Waals surface area contributed by atoms with E-state index >= 15 is 0 Å². The molecule has 29 heavy (non-hydrogen) atoms. The number of hydrogen-bond acceptors (Lipinski definition) is 3. The summed E-state index contributed by atoms with van der Waals surface area (Å²) in [6.07, 6.45) is 3.20. The molecule has 0 aliphatic carbocycles. The van der Waals surface area contributed by atoms with E-state index in [0.717, 1.165) is 57.0 Å². The van der Waals surface area contributed by atoms with Gasteiger partial charge in [0.2, 0.25) is 5.91 Å². The Morgan fingerprint density at radius 2 is 2.21 bits per heavy atom. The van der Waals surface area contributed by atoms with Crippen LogP contribution >= 0.6 is 11.6 Å². The molecule has 1 fully saturated rings. The van der Waals surface area contributed by atoms with Crippen LogP contribution in [-0.4, -0.2) is 48.1 Å². The van der Waals surface area contributed by atoms with Crippen LogP contribution in [0.2, 0.25) is 5.02 Å². The molecule has 6 heteroatoms. The molecule has 0 saturated carbocycles. The predicted molar refractivity (Wildman–Crippen MR) is 119 cm³/mol. The van der Waals surface area contributed by atoms with Gasteiger partial charge in [0.15, 0.2) is 0 Å². The highest BCUT2D eigenvalue weighted by atomic mass is 35.5. The highest BCUT2D eigenvalue weighted by molar-refractivity contribution is 6.31. The summed E-state index contributed by atoms with van der Waals surface area (Å²) in [6.45, 7) is 8.95. The molecule has 2 unspecified atom stereocenters. The molecule has 4 rings (SSSR count). The fourth-order valence-corrected chi connectivity index (χ4v) is 5.01. The van der Waals surface area contributed by atoms with Crippen molar-refractivity contribution in [3.05, 3.63) is 34.5 Å². The van der Waals surface area contributed by atoms with Crippen molar-refractivity contribution in [2.75, 3.05) is 26.7 Å². The number of fused-ring (bicyclic) bond motifs is 3. The lowest BCUT2D eigenvalue weighted by Gasteiger charge is -2.29. The Bertz CT molecular complexity index is 885. The molecule has 1 amide bonds. The minimum atomic E-state index is -0.0491. The van der Waals surface area contributed by atoms with Crippen molar-refractivity contribution in [2.24, 2.45) is 11.8 Å². The number of piperidine rings is 1. The average molecular weight is 417 g/mol. The van der Waals surface area contributed by atoms with E-state index in [2.05, 4.69) is 53.1 Å². The number of likely N-dealkylation sites (N-methyl/N-ethyl adjacent to an activating group) is 1. The van der Waals surface area contributed by atoms with Crippen LogP contribution < -0.4 is 10.6 Å². The Morgan fingerprint density at radius 3 is 2.93 bits per heavy atom.